The predicted molar refractivity (Wildman–Crippen MR) is 68.8 cm³/mol. The van der Waals surface area contributed by atoms with Crippen LogP contribution in [0.2, 0.25) is 19.6 Å². The standard InChI is InChI=1S/C13H22OSi/c1-11(12(2)14-15(3,4)5)13-9-7-6-8-10-13/h6-12H,1-5H3. The Labute approximate surface area is 94.6 Å². The second-order valence-electron chi connectivity index (χ2n) is 5.13. The average Bonchev–Trinajstić information content (AvgIpc) is 2.15. The summed E-state index contributed by atoms with van der Waals surface area (Å²) in [4.78, 5) is 0. The zero-order valence-corrected chi connectivity index (χ0v) is 11.4. The molecule has 15 heavy (non-hydrogen) atoms. The van der Waals surface area contributed by atoms with E-state index in [-0.39, 0.29) is 0 Å². The summed E-state index contributed by atoms with van der Waals surface area (Å²) in [5.74, 6) is 0.470. The third kappa shape index (κ3) is 4.18. The van der Waals surface area contributed by atoms with Crippen molar-refractivity contribution in [1.29, 1.82) is 0 Å². The Bertz CT molecular complexity index is 289. The monoisotopic (exact) mass is 222 g/mol. The highest BCUT2D eigenvalue weighted by Crippen LogP contribution is 2.23. The molecule has 1 rings (SSSR count). The molecule has 1 nitrogen and oxygen atoms in total. The molecule has 1 aromatic carbocycles. The zero-order chi connectivity index (χ0) is 11.5. The molecule has 0 spiro atoms. The van der Waals surface area contributed by atoms with E-state index < -0.39 is 8.32 Å². The van der Waals surface area contributed by atoms with Crippen molar-refractivity contribution >= 4 is 8.32 Å². The van der Waals surface area contributed by atoms with Gasteiger partial charge in [-0.15, -0.1) is 0 Å². The first-order valence-electron chi connectivity index (χ1n) is 5.63. The van der Waals surface area contributed by atoms with Crippen LogP contribution in [-0.4, -0.2) is 14.4 Å². The minimum atomic E-state index is -1.42. The van der Waals surface area contributed by atoms with Crippen LogP contribution in [0.4, 0.5) is 0 Å². The zero-order valence-electron chi connectivity index (χ0n) is 10.4. The Hall–Kier alpha value is -0.603. The fourth-order valence-electron chi connectivity index (χ4n) is 1.69. The molecular weight excluding hydrogens is 200 g/mol. The smallest absolute Gasteiger partial charge is 0.184 e. The molecule has 0 N–H and O–H groups in total. The maximum atomic E-state index is 6.09. The van der Waals surface area contributed by atoms with E-state index >= 15 is 0 Å². The van der Waals surface area contributed by atoms with Gasteiger partial charge in [-0.25, -0.2) is 0 Å². The van der Waals surface area contributed by atoms with E-state index in [1.165, 1.54) is 5.56 Å². The van der Waals surface area contributed by atoms with Crippen molar-refractivity contribution < 1.29 is 4.43 Å². The Morgan fingerprint density at radius 1 is 1.00 bits per heavy atom. The summed E-state index contributed by atoms with van der Waals surface area (Å²) in [6.45, 7) is 11.1. The van der Waals surface area contributed by atoms with Gasteiger partial charge in [-0.05, 0) is 32.1 Å². The first kappa shape index (κ1) is 12.5. The van der Waals surface area contributed by atoms with Crippen LogP contribution in [0.15, 0.2) is 30.3 Å². The molecule has 2 atom stereocenters. The molecule has 0 bridgehead atoms. The Morgan fingerprint density at radius 3 is 2.00 bits per heavy atom. The van der Waals surface area contributed by atoms with Gasteiger partial charge in [-0.2, -0.15) is 0 Å². The first-order valence-corrected chi connectivity index (χ1v) is 9.04. The van der Waals surface area contributed by atoms with Crippen molar-refractivity contribution in [2.45, 2.75) is 45.5 Å². The van der Waals surface area contributed by atoms with E-state index in [9.17, 15) is 0 Å². The quantitative estimate of drug-likeness (QED) is 0.699. The van der Waals surface area contributed by atoms with Crippen molar-refractivity contribution in [3.8, 4) is 0 Å². The maximum Gasteiger partial charge on any atom is 0.184 e. The number of hydrogen-bond acceptors (Lipinski definition) is 1. The third-order valence-electron chi connectivity index (χ3n) is 2.57. The van der Waals surface area contributed by atoms with E-state index in [2.05, 4.69) is 63.8 Å². The lowest BCUT2D eigenvalue weighted by atomic mass is 9.97. The van der Waals surface area contributed by atoms with Gasteiger partial charge in [0.2, 0.25) is 0 Å². The molecule has 84 valence electrons. The highest BCUT2D eigenvalue weighted by molar-refractivity contribution is 6.69. The molecule has 0 aromatic heterocycles. The van der Waals surface area contributed by atoms with Gasteiger partial charge in [0, 0.05) is 12.0 Å². The van der Waals surface area contributed by atoms with Gasteiger partial charge in [0.15, 0.2) is 8.32 Å². The molecule has 0 aliphatic carbocycles. The lowest BCUT2D eigenvalue weighted by Crippen LogP contribution is -2.33. The molecule has 0 aliphatic rings. The summed E-state index contributed by atoms with van der Waals surface area (Å²) in [5.41, 5.74) is 1.36. The lowest BCUT2D eigenvalue weighted by Gasteiger charge is -2.28. The fourth-order valence-corrected chi connectivity index (χ4v) is 3.01. The summed E-state index contributed by atoms with van der Waals surface area (Å²) < 4.78 is 6.09. The Kier molecular flexibility index (Phi) is 4.11. The molecule has 0 saturated carbocycles. The van der Waals surface area contributed by atoms with Crippen molar-refractivity contribution in [1.82, 2.24) is 0 Å². The normalized spacial score (nSPS) is 16.1. The van der Waals surface area contributed by atoms with Crippen molar-refractivity contribution in [2.75, 3.05) is 0 Å². The highest BCUT2D eigenvalue weighted by Gasteiger charge is 2.22. The second-order valence-corrected chi connectivity index (χ2v) is 9.60. The van der Waals surface area contributed by atoms with Crippen LogP contribution in [0.25, 0.3) is 0 Å². The number of benzene rings is 1. The van der Waals surface area contributed by atoms with Gasteiger partial charge in [-0.1, -0.05) is 37.3 Å². The highest BCUT2D eigenvalue weighted by atomic mass is 28.4. The van der Waals surface area contributed by atoms with E-state index in [4.69, 9.17) is 4.43 Å². The van der Waals surface area contributed by atoms with Crippen LogP contribution in [0.5, 0.6) is 0 Å². The average molecular weight is 222 g/mol. The van der Waals surface area contributed by atoms with E-state index in [1.807, 2.05) is 0 Å². The van der Waals surface area contributed by atoms with Gasteiger partial charge in [0.05, 0.1) is 0 Å². The molecule has 0 saturated heterocycles. The summed E-state index contributed by atoms with van der Waals surface area (Å²) in [7, 11) is -1.42. The van der Waals surface area contributed by atoms with Gasteiger partial charge < -0.3 is 4.43 Å². The van der Waals surface area contributed by atoms with Crippen LogP contribution >= 0.6 is 0 Å². The van der Waals surface area contributed by atoms with E-state index in [0.717, 1.165) is 0 Å². The largest absolute Gasteiger partial charge is 0.414 e. The minimum Gasteiger partial charge on any atom is -0.414 e. The second kappa shape index (κ2) is 4.95. The van der Waals surface area contributed by atoms with Gasteiger partial charge in [0.25, 0.3) is 0 Å². The lowest BCUT2D eigenvalue weighted by molar-refractivity contribution is 0.188. The van der Waals surface area contributed by atoms with Crippen molar-refractivity contribution in [2.24, 2.45) is 0 Å². The van der Waals surface area contributed by atoms with Gasteiger partial charge >= 0.3 is 0 Å². The molecule has 0 aliphatic heterocycles. The summed E-state index contributed by atoms with van der Waals surface area (Å²) in [6, 6.07) is 10.6. The van der Waals surface area contributed by atoms with Crippen LogP contribution in [0.3, 0.4) is 0 Å². The van der Waals surface area contributed by atoms with Crippen LogP contribution in [-0.2, 0) is 4.43 Å². The van der Waals surface area contributed by atoms with Crippen LogP contribution in [0, 0.1) is 0 Å². The van der Waals surface area contributed by atoms with E-state index in [1.54, 1.807) is 0 Å². The predicted octanol–water partition coefficient (Wildman–Crippen LogP) is 4.03. The summed E-state index contributed by atoms with van der Waals surface area (Å²) in [5, 5.41) is 0. The van der Waals surface area contributed by atoms with Crippen LogP contribution in [0.1, 0.15) is 25.3 Å². The maximum absolute atomic E-state index is 6.09. The van der Waals surface area contributed by atoms with Crippen molar-refractivity contribution in [3.63, 3.8) is 0 Å². The molecule has 0 heterocycles. The SMILES string of the molecule is CC(O[Si](C)(C)C)C(C)c1ccccc1. The molecule has 2 heteroatoms. The van der Waals surface area contributed by atoms with Crippen LogP contribution < -0.4 is 0 Å². The third-order valence-corrected chi connectivity index (χ3v) is 3.65. The van der Waals surface area contributed by atoms with Gasteiger partial charge in [0.1, 0.15) is 0 Å². The van der Waals surface area contributed by atoms with Crippen molar-refractivity contribution in [3.05, 3.63) is 35.9 Å². The number of hydrogen-bond donors (Lipinski definition) is 0. The number of rotatable bonds is 4. The topological polar surface area (TPSA) is 9.23 Å². The fraction of sp³-hybridized carbons (Fsp3) is 0.538. The minimum absolute atomic E-state index is 0.305. The molecule has 1 aromatic rings. The molecule has 0 radical (unpaired) electrons. The summed E-state index contributed by atoms with van der Waals surface area (Å²) >= 11 is 0. The molecular formula is C13H22OSi. The Morgan fingerprint density at radius 2 is 1.53 bits per heavy atom. The first-order chi connectivity index (χ1) is 6.90. The molecule has 0 amide bonds. The molecule has 2 unspecified atom stereocenters. The Balaban J connectivity index is 2.65. The van der Waals surface area contributed by atoms with E-state index in [0.29, 0.717) is 12.0 Å². The molecule has 0 fully saturated rings. The van der Waals surface area contributed by atoms with Gasteiger partial charge in [-0.3, -0.25) is 0 Å². The summed E-state index contributed by atoms with van der Waals surface area (Å²) in [6.07, 6.45) is 0.305.